The number of nitrogens with one attached hydrogen (secondary N) is 1. The van der Waals surface area contributed by atoms with Crippen molar-refractivity contribution in [2.45, 2.75) is 13.0 Å². The summed E-state index contributed by atoms with van der Waals surface area (Å²) in [5.74, 6) is -1.48. The maximum Gasteiger partial charge on any atom is 0.338 e. The van der Waals surface area contributed by atoms with Crippen LogP contribution in [-0.2, 0) is 9.53 Å². The predicted octanol–water partition coefficient (Wildman–Crippen LogP) is 4.09. The Labute approximate surface area is 152 Å². The molecule has 0 saturated carbocycles. The Balaban J connectivity index is 2.06. The third kappa shape index (κ3) is 4.68. The Morgan fingerprint density at radius 1 is 1.16 bits per heavy atom. The van der Waals surface area contributed by atoms with Crippen molar-refractivity contribution in [1.29, 1.82) is 0 Å². The van der Waals surface area contributed by atoms with E-state index in [9.17, 15) is 19.7 Å². The summed E-state index contributed by atoms with van der Waals surface area (Å²) in [5, 5.41) is 13.8. The van der Waals surface area contributed by atoms with Gasteiger partial charge in [0.25, 0.3) is 11.6 Å². The Kier molecular flexibility index (Phi) is 5.95. The fraction of sp³-hybridized carbons (Fsp3) is 0.125. The SMILES string of the molecule is C[C@H](OC(=O)c1ccc(Cl)c(Cl)c1)C(=O)Nc1ccccc1[N+](=O)[O-]. The normalized spacial score (nSPS) is 11.5. The zero-order valence-corrected chi connectivity index (χ0v) is 14.4. The van der Waals surface area contributed by atoms with E-state index in [0.717, 1.165) is 0 Å². The molecule has 0 aliphatic rings. The summed E-state index contributed by atoms with van der Waals surface area (Å²) >= 11 is 11.6. The summed E-state index contributed by atoms with van der Waals surface area (Å²) in [5.41, 5.74) is -0.131. The average Bonchev–Trinajstić information content (AvgIpc) is 2.57. The largest absolute Gasteiger partial charge is 0.449 e. The van der Waals surface area contributed by atoms with E-state index in [2.05, 4.69) is 5.32 Å². The number of carbonyl (C=O) groups excluding carboxylic acids is 2. The number of nitro groups is 1. The van der Waals surface area contributed by atoms with Crippen molar-refractivity contribution in [3.63, 3.8) is 0 Å². The van der Waals surface area contributed by atoms with Crippen molar-refractivity contribution < 1.29 is 19.2 Å². The van der Waals surface area contributed by atoms with Crippen LogP contribution in [0.1, 0.15) is 17.3 Å². The van der Waals surface area contributed by atoms with E-state index < -0.39 is 22.9 Å². The highest BCUT2D eigenvalue weighted by atomic mass is 35.5. The van der Waals surface area contributed by atoms with Crippen molar-refractivity contribution in [2.75, 3.05) is 5.32 Å². The number of amides is 1. The van der Waals surface area contributed by atoms with Crippen molar-refractivity contribution >= 4 is 46.5 Å². The van der Waals surface area contributed by atoms with Crippen LogP contribution >= 0.6 is 23.2 Å². The number of carbonyl (C=O) groups is 2. The zero-order valence-electron chi connectivity index (χ0n) is 12.9. The van der Waals surface area contributed by atoms with Gasteiger partial charge in [0.1, 0.15) is 5.69 Å². The van der Waals surface area contributed by atoms with Crippen LogP contribution in [0.3, 0.4) is 0 Å². The highest BCUT2D eigenvalue weighted by Crippen LogP contribution is 2.24. The second kappa shape index (κ2) is 7.96. The minimum atomic E-state index is -1.18. The van der Waals surface area contributed by atoms with Crippen molar-refractivity contribution in [3.8, 4) is 0 Å². The number of hydrogen-bond acceptors (Lipinski definition) is 5. The number of anilines is 1. The quantitative estimate of drug-likeness (QED) is 0.477. The molecule has 0 aromatic heterocycles. The third-order valence-corrected chi connectivity index (χ3v) is 3.91. The number of ether oxygens (including phenoxy) is 1. The molecule has 2 rings (SSSR count). The van der Waals surface area contributed by atoms with Crippen LogP contribution in [0, 0.1) is 10.1 Å². The first-order valence-corrected chi connectivity index (χ1v) is 7.75. The molecule has 1 N–H and O–H groups in total. The minimum absolute atomic E-state index is 0.00920. The first kappa shape index (κ1) is 18.7. The Morgan fingerprint density at radius 2 is 1.84 bits per heavy atom. The summed E-state index contributed by atoms with van der Waals surface area (Å²) in [6.07, 6.45) is -1.18. The smallest absolute Gasteiger partial charge is 0.338 e. The topological polar surface area (TPSA) is 98.5 Å². The highest BCUT2D eigenvalue weighted by Gasteiger charge is 2.22. The maximum absolute atomic E-state index is 12.1. The molecule has 0 saturated heterocycles. The zero-order chi connectivity index (χ0) is 18.6. The lowest BCUT2D eigenvalue weighted by Crippen LogP contribution is -2.30. The van der Waals surface area contributed by atoms with Gasteiger partial charge in [-0.25, -0.2) is 4.79 Å². The lowest BCUT2D eigenvalue weighted by molar-refractivity contribution is -0.383. The van der Waals surface area contributed by atoms with Gasteiger partial charge >= 0.3 is 5.97 Å². The fourth-order valence-electron chi connectivity index (χ4n) is 1.88. The molecule has 0 aliphatic carbocycles. The van der Waals surface area contributed by atoms with Crippen LogP contribution in [0.5, 0.6) is 0 Å². The number of benzene rings is 2. The molecular weight excluding hydrogens is 371 g/mol. The Bertz CT molecular complexity index is 841. The lowest BCUT2D eigenvalue weighted by atomic mass is 10.2. The summed E-state index contributed by atoms with van der Waals surface area (Å²) in [6, 6.07) is 9.79. The summed E-state index contributed by atoms with van der Waals surface area (Å²) in [6.45, 7) is 1.35. The monoisotopic (exact) mass is 382 g/mol. The van der Waals surface area contributed by atoms with Gasteiger partial charge in [-0.2, -0.15) is 0 Å². The van der Waals surface area contributed by atoms with E-state index in [4.69, 9.17) is 27.9 Å². The van der Waals surface area contributed by atoms with Gasteiger partial charge in [-0.3, -0.25) is 14.9 Å². The molecule has 7 nitrogen and oxygen atoms in total. The molecule has 0 bridgehead atoms. The molecule has 0 unspecified atom stereocenters. The molecule has 0 aliphatic heterocycles. The second-order valence-electron chi connectivity index (χ2n) is 4.94. The molecule has 0 radical (unpaired) electrons. The number of esters is 1. The predicted molar refractivity (Wildman–Crippen MR) is 93.1 cm³/mol. The third-order valence-electron chi connectivity index (χ3n) is 3.17. The van der Waals surface area contributed by atoms with E-state index in [1.807, 2.05) is 0 Å². The molecular formula is C16H12Cl2N2O5. The number of halogens is 2. The molecule has 2 aromatic carbocycles. The van der Waals surface area contributed by atoms with E-state index in [1.165, 1.54) is 49.4 Å². The van der Waals surface area contributed by atoms with Crippen LogP contribution in [-0.4, -0.2) is 22.9 Å². The fourth-order valence-corrected chi connectivity index (χ4v) is 2.18. The minimum Gasteiger partial charge on any atom is -0.449 e. The molecule has 0 heterocycles. The molecule has 25 heavy (non-hydrogen) atoms. The number of nitrogens with zero attached hydrogens (tertiary/aromatic N) is 1. The van der Waals surface area contributed by atoms with Crippen LogP contribution < -0.4 is 5.32 Å². The highest BCUT2D eigenvalue weighted by molar-refractivity contribution is 6.42. The lowest BCUT2D eigenvalue weighted by Gasteiger charge is -2.14. The van der Waals surface area contributed by atoms with Gasteiger partial charge in [-0.1, -0.05) is 35.3 Å². The van der Waals surface area contributed by atoms with E-state index >= 15 is 0 Å². The maximum atomic E-state index is 12.1. The van der Waals surface area contributed by atoms with Gasteiger partial charge in [0.05, 0.1) is 20.5 Å². The van der Waals surface area contributed by atoms with E-state index in [-0.39, 0.29) is 27.0 Å². The van der Waals surface area contributed by atoms with Crippen molar-refractivity contribution in [1.82, 2.24) is 0 Å². The summed E-state index contributed by atoms with van der Waals surface area (Å²) < 4.78 is 5.04. The molecule has 9 heteroatoms. The van der Waals surface area contributed by atoms with Crippen molar-refractivity contribution in [3.05, 3.63) is 68.2 Å². The van der Waals surface area contributed by atoms with Crippen LogP contribution in [0.25, 0.3) is 0 Å². The van der Waals surface area contributed by atoms with Gasteiger partial charge < -0.3 is 10.1 Å². The van der Waals surface area contributed by atoms with Crippen molar-refractivity contribution in [2.24, 2.45) is 0 Å². The van der Waals surface area contributed by atoms with Gasteiger partial charge in [0.2, 0.25) is 0 Å². The second-order valence-corrected chi connectivity index (χ2v) is 5.75. The number of para-hydroxylation sites is 2. The first-order valence-electron chi connectivity index (χ1n) is 7.00. The Hall–Kier alpha value is -2.64. The van der Waals surface area contributed by atoms with Gasteiger partial charge in [0, 0.05) is 6.07 Å². The summed E-state index contributed by atoms with van der Waals surface area (Å²) in [7, 11) is 0. The molecule has 2 aromatic rings. The molecule has 0 spiro atoms. The number of rotatable bonds is 5. The van der Waals surface area contributed by atoms with Crippen LogP contribution in [0.15, 0.2) is 42.5 Å². The van der Waals surface area contributed by atoms with Gasteiger partial charge in [-0.15, -0.1) is 0 Å². The molecule has 130 valence electrons. The number of nitro benzene ring substituents is 1. The summed E-state index contributed by atoms with van der Waals surface area (Å²) in [4.78, 5) is 34.5. The number of hydrogen-bond donors (Lipinski definition) is 1. The molecule has 1 atom stereocenters. The standard InChI is InChI=1S/C16H12Cl2N2O5/c1-9(25-16(22)10-6-7-11(17)12(18)8-10)15(21)19-13-4-2-3-5-14(13)20(23)24/h2-9H,1H3,(H,19,21)/t9-/m0/s1. The Morgan fingerprint density at radius 3 is 2.48 bits per heavy atom. The first-order chi connectivity index (χ1) is 11.8. The van der Waals surface area contributed by atoms with E-state index in [1.54, 1.807) is 0 Å². The van der Waals surface area contributed by atoms with Gasteiger partial charge in [0.15, 0.2) is 6.10 Å². The molecule has 0 fully saturated rings. The molecule has 1 amide bonds. The van der Waals surface area contributed by atoms with Gasteiger partial charge in [-0.05, 0) is 31.2 Å². The van der Waals surface area contributed by atoms with Crippen LogP contribution in [0.2, 0.25) is 10.0 Å². The van der Waals surface area contributed by atoms with Crippen LogP contribution in [0.4, 0.5) is 11.4 Å². The average molecular weight is 383 g/mol. The van der Waals surface area contributed by atoms with E-state index in [0.29, 0.717) is 0 Å².